The number of nitrogens with one attached hydrogen (secondary N) is 2. The number of hydrogen-bond donors (Lipinski definition) is 2. The predicted molar refractivity (Wildman–Crippen MR) is 110 cm³/mol. The molecule has 1 unspecified atom stereocenters. The summed E-state index contributed by atoms with van der Waals surface area (Å²) in [7, 11) is -2.18. The summed E-state index contributed by atoms with van der Waals surface area (Å²) < 4.78 is 61.3. The maximum Gasteiger partial charge on any atom is 0.387 e. The molecule has 0 bridgehead atoms. The topological polar surface area (TPSA) is 97.0 Å². The third-order valence-corrected chi connectivity index (χ3v) is 5.60. The van der Waals surface area contributed by atoms with E-state index in [0.29, 0.717) is 17.7 Å². The summed E-state index contributed by atoms with van der Waals surface area (Å²) in [6, 6.07) is 12.4. The summed E-state index contributed by atoms with van der Waals surface area (Å²) in [6.45, 7) is -2.81. The second kappa shape index (κ2) is 9.06. The number of amides is 2. The SMILES string of the molecule is COc1ccc(CCN2C(=O)NCC2(NS(C)(=O)=O)c2ccc(OC(F)F)cc2)cc1. The number of urea groups is 1. The summed E-state index contributed by atoms with van der Waals surface area (Å²) >= 11 is 0. The van der Waals surface area contributed by atoms with E-state index in [1.807, 2.05) is 12.1 Å². The maximum absolute atomic E-state index is 12.6. The van der Waals surface area contributed by atoms with Crippen LogP contribution < -0.4 is 19.5 Å². The van der Waals surface area contributed by atoms with Gasteiger partial charge in [-0.05, 0) is 41.8 Å². The molecule has 0 aliphatic carbocycles. The van der Waals surface area contributed by atoms with Crippen molar-refractivity contribution in [1.82, 2.24) is 14.9 Å². The lowest BCUT2D eigenvalue weighted by Crippen LogP contribution is -2.57. The van der Waals surface area contributed by atoms with Crippen LogP contribution in [0.25, 0.3) is 0 Å². The van der Waals surface area contributed by atoms with Gasteiger partial charge in [-0.2, -0.15) is 13.5 Å². The Balaban J connectivity index is 1.91. The quantitative estimate of drug-likeness (QED) is 0.605. The Kier molecular flexibility index (Phi) is 6.65. The second-order valence-corrected chi connectivity index (χ2v) is 8.79. The first-order valence-electron chi connectivity index (χ1n) is 9.36. The normalized spacial score (nSPS) is 18.9. The zero-order chi connectivity index (χ0) is 22.6. The second-order valence-electron chi connectivity index (χ2n) is 7.05. The molecular weight excluding hydrogens is 432 g/mol. The molecular formula is C20H23F2N3O5S. The Morgan fingerprint density at radius 2 is 1.74 bits per heavy atom. The van der Waals surface area contributed by atoms with Crippen LogP contribution in [-0.2, 0) is 22.1 Å². The molecule has 1 atom stereocenters. The van der Waals surface area contributed by atoms with Gasteiger partial charge in [-0.3, -0.25) is 4.90 Å². The van der Waals surface area contributed by atoms with E-state index in [2.05, 4.69) is 14.8 Å². The number of methoxy groups -OCH3 is 1. The molecule has 1 fully saturated rings. The molecule has 0 saturated carbocycles. The minimum absolute atomic E-state index is 0.0312. The largest absolute Gasteiger partial charge is 0.497 e. The number of halogens is 2. The first kappa shape index (κ1) is 22.8. The van der Waals surface area contributed by atoms with E-state index in [-0.39, 0.29) is 18.8 Å². The van der Waals surface area contributed by atoms with Crippen molar-refractivity contribution in [2.45, 2.75) is 18.7 Å². The Hall–Kier alpha value is -2.92. The minimum Gasteiger partial charge on any atom is -0.497 e. The first-order chi connectivity index (χ1) is 14.6. The van der Waals surface area contributed by atoms with Crippen molar-refractivity contribution < 1.29 is 31.5 Å². The molecule has 1 saturated heterocycles. The predicted octanol–water partition coefficient (Wildman–Crippen LogP) is 2.27. The number of alkyl halides is 2. The number of sulfonamides is 1. The zero-order valence-corrected chi connectivity index (χ0v) is 17.8. The molecule has 1 heterocycles. The molecule has 0 radical (unpaired) electrons. The van der Waals surface area contributed by atoms with Crippen molar-refractivity contribution in [1.29, 1.82) is 0 Å². The Morgan fingerprint density at radius 3 is 2.29 bits per heavy atom. The molecule has 2 aromatic carbocycles. The molecule has 11 heteroatoms. The number of carbonyl (C=O) groups is 1. The third kappa shape index (κ3) is 5.42. The van der Waals surface area contributed by atoms with Crippen LogP contribution in [0.2, 0.25) is 0 Å². The molecule has 2 N–H and O–H groups in total. The Morgan fingerprint density at radius 1 is 1.13 bits per heavy atom. The maximum atomic E-state index is 12.6. The highest BCUT2D eigenvalue weighted by Gasteiger charge is 2.48. The fourth-order valence-corrected chi connectivity index (χ4v) is 4.43. The number of benzene rings is 2. The van der Waals surface area contributed by atoms with E-state index >= 15 is 0 Å². The lowest BCUT2D eigenvalue weighted by Gasteiger charge is -2.37. The molecule has 168 valence electrons. The van der Waals surface area contributed by atoms with Crippen LogP contribution in [0.15, 0.2) is 48.5 Å². The Bertz CT molecular complexity index is 1020. The number of nitrogens with zero attached hydrogens (tertiary/aromatic N) is 1. The van der Waals surface area contributed by atoms with Gasteiger partial charge in [0.25, 0.3) is 0 Å². The van der Waals surface area contributed by atoms with Gasteiger partial charge in [0.15, 0.2) is 5.66 Å². The molecule has 0 aromatic heterocycles. The van der Waals surface area contributed by atoms with Crippen LogP contribution >= 0.6 is 0 Å². The number of hydrogen-bond acceptors (Lipinski definition) is 5. The van der Waals surface area contributed by atoms with Crippen molar-refractivity contribution in [3.8, 4) is 11.5 Å². The van der Waals surface area contributed by atoms with Crippen molar-refractivity contribution in [3.63, 3.8) is 0 Å². The van der Waals surface area contributed by atoms with E-state index in [9.17, 15) is 22.0 Å². The van der Waals surface area contributed by atoms with Crippen LogP contribution in [0.5, 0.6) is 11.5 Å². The lowest BCUT2D eigenvalue weighted by molar-refractivity contribution is -0.0498. The molecule has 1 aliphatic rings. The van der Waals surface area contributed by atoms with E-state index in [1.54, 1.807) is 19.2 Å². The van der Waals surface area contributed by atoms with E-state index in [4.69, 9.17) is 4.74 Å². The monoisotopic (exact) mass is 455 g/mol. The smallest absolute Gasteiger partial charge is 0.387 e. The fourth-order valence-electron chi connectivity index (χ4n) is 3.52. The summed E-state index contributed by atoms with van der Waals surface area (Å²) in [5, 5.41) is 2.67. The minimum atomic E-state index is -3.74. The number of ether oxygens (including phenoxy) is 2. The van der Waals surface area contributed by atoms with Gasteiger partial charge < -0.3 is 14.8 Å². The van der Waals surface area contributed by atoms with Crippen LogP contribution in [-0.4, -0.2) is 52.4 Å². The highest BCUT2D eigenvalue weighted by molar-refractivity contribution is 7.88. The van der Waals surface area contributed by atoms with Gasteiger partial charge >= 0.3 is 12.6 Å². The average Bonchev–Trinajstić information content (AvgIpc) is 3.01. The average molecular weight is 455 g/mol. The van der Waals surface area contributed by atoms with Gasteiger partial charge in [0.2, 0.25) is 10.0 Å². The van der Waals surface area contributed by atoms with Crippen LogP contribution in [0.1, 0.15) is 11.1 Å². The molecule has 2 amide bonds. The van der Waals surface area contributed by atoms with Crippen molar-refractivity contribution in [2.24, 2.45) is 0 Å². The summed E-state index contributed by atoms with van der Waals surface area (Å²) in [4.78, 5) is 14.0. The van der Waals surface area contributed by atoms with Gasteiger partial charge in [-0.25, -0.2) is 13.2 Å². The molecule has 8 nitrogen and oxygen atoms in total. The van der Waals surface area contributed by atoms with Gasteiger partial charge in [-0.1, -0.05) is 24.3 Å². The molecule has 0 spiro atoms. The van der Waals surface area contributed by atoms with E-state index in [0.717, 1.165) is 11.8 Å². The first-order valence-corrected chi connectivity index (χ1v) is 11.2. The van der Waals surface area contributed by atoms with Crippen molar-refractivity contribution >= 4 is 16.1 Å². The van der Waals surface area contributed by atoms with Gasteiger partial charge in [-0.15, -0.1) is 0 Å². The molecule has 3 rings (SSSR count). The molecule has 31 heavy (non-hydrogen) atoms. The van der Waals surface area contributed by atoms with E-state index in [1.165, 1.54) is 29.2 Å². The van der Waals surface area contributed by atoms with Crippen molar-refractivity contribution in [3.05, 3.63) is 59.7 Å². The van der Waals surface area contributed by atoms with Gasteiger partial charge in [0.05, 0.1) is 19.9 Å². The van der Waals surface area contributed by atoms with Crippen LogP contribution in [0, 0.1) is 0 Å². The van der Waals surface area contributed by atoms with Gasteiger partial charge in [0.1, 0.15) is 11.5 Å². The summed E-state index contributed by atoms with van der Waals surface area (Å²) in [5.74, 6) is 0.622. The standard InChI is InChI=1S/C20H23F2N3O5S/c1-29-16-7-3-14(4-8-16)11-12-25-19(26)23-13-20(25,24-31(2,27)28)15-5-9-17(10-6-15)30-18(21)22/h3-10,18,24H,11-13H2,1-2H3,(H,23,26). The fraction of sp³-hybridized carbons (Fsp3) is 0.350. The molecule has 1 aliphatic heterocycles. The van der Waals surface area contributed by atoms with Crippen LogP contribution in [0.4, 0.5) is 13.6 Å². The zero-order valence-electron chi connectivity index (χ0n) is 17.0. The molecule has 2 aromatic rings. The lowest BCUT2D eigenvalue weighted by atomic mass is 9.99. The number of rotatable bonds is 9. The Labute approximate surface area is 179 Å². The van der Waals surface area contributed by atoms with Crippen LogP contribution in [0.3, 0.4) is 0 Å². The van der Waals surface area contributed by atoms with Crippen molar-refractivity contribution in [2.75, 3.05) is 26.5 Å². The van der Waals surface area contributed by atoms with Gasteiger partial charge in [0, 0.05) is 6.54 Å². The third-order valence-electron chi connectivity index (χ3n) is 4.90. The summed E-state index contributed by atoms with van der Waals surface area (Å²) in [6.07, 6.45) is 1.45. The number of carbonyl (C=O) groups excluding carboxylic acids is 1. The highest BCUT2D eigenvalue weighted by atomic mass is 32.2. The summed E-state index contributed by atoms with van der Waals surface area (Å²) in [5.41, 5.74) is -0.0809. The highest BCUT2D eigenvalue weighted by Crippen LogP contribution is 2.32. The van der Waals surface area contributed by atoms with E-state index < -0.39 is 28.3 Å².